The van der Waals surface area contributed by atoms with Gasteiger partial charge in [-0.1, -0.05) is 6.92 Å². The number of imidazole rings is 1. The van der Waals surface area contributed by atoms with Gasteiger partial charge in [-0.05, 0) is 48.4 Å². The Morgan fingerprint density at radius 2 is 1.91 bits per heavy atom. The number of rotatable bonds is 9. The summed E-state index contributed by atoms with van der Waals surface area (Å²) in [6.07, 6.45) is 6.04. The highest BCUT2D eigenvalue weighted by atomic mass is 19.1. The number of nitrogens with one attached hydrogen (secondary N) is 1. The number of nitrogens with two attached hydrogens (primary N) is 1. The monoisotopic (exact) mass is 595 g/mol. The van der Waals surface area contributed by atoms with E-state index in [0.717, 1.165) is 24.1 Å². The Morgan fingerprint density at radius 3 is 2.60 bits per heavy atom. The minimum Gasteiger partial charge on any atom is -0.491 e. The summed E-state index contributed by atoms with van der Waals surface area (Å²) in [7, 11) is 4.58. The lowest BCUT2D eigenvalue weighted by Gasteiger charge is -2.43. The van der Waals surface area contributed by atoms with Crippen molar-refractivity contribution >= 4 is 23.2 Å². The maximum absolute atomic E-state index is 15.1. The highest BCUT2D eigenvalue weighted by Crippen LogP contribution is 2.40. The molecule has 1 aliphatic rings. The second-order valence-electron chi connectivity index (χ2n) is 10.7. The molecule has 3 aromatic heterocycles. The number of aromatic nitrogens is 4. The molecule has 228 valence electrons. The molecule has 11 nitrogen and oxygen atoms in total. The van der Waals surface area contributed by atoms with Gasteiger partial charge in [0.05, 0.1) is 54.6 Å². The van der Waals surface area contributed by atoms with Gasteiger partial charge in [0.1, 0.15) is 24.0 Å². The average molecular weight is 596 g/mol. The summed E-state index contributed by atoms with van der Waals surface area (Å²) >= 11 is 0. The van der Waals surface area contributed by atoms with Crippen molar-refractivity contribution in [3.8, 4) is 17.0 Å². The molecule has 5 rings (SSSR count). The zero-order valence-electron chi connectivity index (χ0n) is 24.5. The van der Waals surface area contributed by atoms with Crippen LogP contribution in [0.15, 0.2) is 48.9 Å². The third-order valence-electron chi connectivity index (χ3n) is 7.90. The molecule has 1 amide bonds. The molecule has 4 aromatic rings. The van der Waals surface area contributed by atoms with Crippen molar-refractivity contribution in [2.45, 2.75) is 37.8 Å². The first-order valence-corrected chi connectivity index (χ1v) is 13.9. The number of amides is 1. The van der Waals surface area contributed by atoms with Crippen LogP contribution in [0.4, 0.5) is 25.2 Å². The molecule has 1 saturated carbocycles. The number of anilines is 2. The van der Waals surface area contributed by atoms with E-state index in [1.54, 1.807) is 36.6 Å². The van der Waals surface area contributed by atoms with Gasteiger partial charge in [0.25, 0.3) is 0 Å². The van der Waals surface area contributed by atoms with E-state index in [2.05, 4.69) is 27.3 Å². The fourth-order valence-corrected chi connectivity index (χ4v) is 5.97. The maximum atomic E-state index is 15.1. The van der Waals surface area contributed by atoms with E-state index in [-0.39, 0.29) is 54.1 Å². The van der Waals surface area contributed by atoms with E-state index in [9.17, 15) is 4.79 Å². The van der Waals surface area contributed by atoms with Gasteiger partial charge in [0.2, 0.25) is 5.95 Å². The third kappa shape index (κ3) is 6.22. The Bertz CT molecular complexity index is 1570. The van der Waals surface area contributed by atoms with Crippen LogP contribution >= 0.6 is 0 Å². The summed E-state index contributed by atoms with van der Waals surface area (Å²) in [4.78, 5) is 22.5. The molecule has 1 aliphatic carbocycles. The van der Waals surface area contributed by atoms with Crippen LogP contribution in [-0.4, -0.2) is 77.1 Å². The minimum absolute atomic E-state index is 0.0611. The number of hydrogen-bond donors (Lipinski definition) is 2. The van der Waals surface area contributed by atoms with Gasteiger partial charge >= 0.3 is 6.09 Å². The van der Waals surface area contributed by atoms with Crippen LogP contribution in [-0.2, 0) is 9.47 Å². The molecule has 0 aliphatic heterocycles. The van der Waals surface area contributed by atoms with Crippen molar-refractivity contribution in [3.05, 3.63) is 66.1 Å². The summed E-state index contributed by atoms with van der Waals surface area (Å²) in [5.41, 5.74) is 8.74. The standard InChI is InChI=1S/C30H35F2N7O4/c1-17-11-18(12-24(33)28(17)38(2)30(40)42-4)21-7-8-34-16-26(21)36-29-35-15-19-5-6-25(37-39(19)29)27-22(31)13-20(14-23(27)32)43-10-9-41-3/h5-8,13-18,24,28H,9-12,33H2,1-4H3,(H,35,36)/t17-,18+,24+,28-/m0/s1. The number of likely N-dealkylation sites (N-methyl/N-ethyl adjacent to an activating group) is 1. The molecule has 0 radical (unpaired) electrons. The minimum atomic E-state index is -0.803. The molecule has 0 saturated heterocycles. The number of halogens is 2. The highest BCUT2D eigenvalue weighted by molar-refractivity contribution is 5.68. The molecule has 3 N–H and O–H groups in total. The van der Waals surface area contributed by atoms with Crippen LogP contribution in [0, 0.1) is 17.6 Å². The quantitative estimate of drug-likeness (QED) is 0.264. The zero-order valence-corrected chi connectivity index (χ0v) is 24.5. The fraction of sp³-hybridized carbons (Fsp3) is 0.400. The molecule has 13 heteroatoms. The lowest BCUT2D eigenvalue weighted by Crippen LogP contribution is -2.55. The number of carbonyl (C=O) groups is 1. The van der Waals surface area contributed by atoms with Crippen LogP contribution in [0.3, 0.4) is 0 Å². The number of benzene rings is 1. The van der Waals surface area contributed by atoms with Gasteiger partial charge in [0, 0.05) is 38.5 Å². The van der Waals surface area contributed by atoms with Crippen LogP contribution < -0.4 is 15.8 Å². The van der Waals surface area contributed by atoms with Gasteiger partial charge in [-0.15, -0.1) is 0 Å². The lowest BCUT2D eigenvalue weighted by atomic mass is 9.73. The number of nitrogens with zero attached hydrogens (tertiary/aromatic N) is 5. The highest BCUT2D eigenvalue weighted by Gasteiger charge is 2.39. The average Bonchev–Trinajstić information content (AvgIpc) is 3.38. The molecule has 1 aromatic carbocycles. The third-order valence-corrected chi connectivity index (χ3v) is 7.90. The van der Waals surface area contributed by atoms with Crippen molar-refractivity contribution in [2.75, 3.05) is 39.8 Å². The normalized spacial score (nSPS) is 20.2. The van der Waals surface area contributed by atoms with Crippen LogP contribution in [0.1, 0.15) is 31.2 Å². The van der Waals surface area contributed by atoms with Gasteiger partial charge in [-0.25, -0.2) is 18.6 Å². The van der Waals surface area contributed by atoms with Gasteiger partial charge in [-0.2, -0.15) is 9.61 Å². The number of pyridine rings is 1. The summed E-state index contributed by atoms with van der Waals surface area (Å²) in [6.45, 7) is 2.53. The molecule has 3 heterocycles. The Kier molecular flexibility index (Phi) is 9.02. The first-order chi connectivity index (χ1) is 20.7. The molecular weight excluding hydrogens is 560 g/mol. The van der Waals surface area contributed by atoms with Crippen molar-refractivity contribution in [3.63, 3.8) is 0 Å². The van der Waals surface area contributed by atoms with Crippen molar-refractivity contribution < 1.29 is 27.8 Å². The summed E-state index contributed by atoms with van der Waals surface area (Å²) in [5.74, 6) is -1.00. The van der Waals surface area contributed by atoms with Gasteiger partial charge in [0.15, 0.2) is 0 Å². The molecule has 0 bridgehead atoms. The van der Waals surface area contributed by atoms with E-state index >= 15 is 8.78 Å². The predicted octanol–water partition coefficient (Wildman–Crippen LogP) is 4.75. The zero-order chi connectivity index (χ0) is 30.7. The summed E-state index contributed by atoms with van der Waals surface area (Å²) in [5, 5.41) is 7.82. The Labute approximate surface area is 248 Å². The topological polar surface area (TPSA) is 129 Å². The number of carbonyl (C=O) groups excluding carboxylic acids is 1. The predicted molar refractivity (Wildman–Crippen MR) is 156 cm³/mol. The fourth-order valence-electron chi connectivity index (χ4n) is 5.97. The SMILES string of the molecule is COCCOc1cc(F)c(-c2ccc3cnc(Nc4cnccc4[C@H]4C[C@@H](N)[C@@H](N(C)C(=O)OC)[C@@H](C)C4)n3n2)c(F)c1. The number of ether oxygens (including phenoxy) is 3. The van der Waals surface area contributed by atoms with Crippen LogP contribution in [0.2, 0.25) is 0 Å². The van der Waals surface area contributed by atoms with Crippen molar-refractivity contribution in [1.82, 2.24) is 24.5 Å². The maximum Gasteiger partial charge on any atom is 0.409 e. The summed E-state index contributed by atoms with van der Waals surface area (Å²) < 4.78 is 46.8. The second kappa shape index (κ2) is 12.9. The molecular formula is C30H35F2N7O4. The van der Waals surface area contributed by atoms with Crippen LogP contribution in [0.5, 0.6) is 5.75 Å². The van der Waals surface area contributed by atoms with Crippen molar-refractivity contribution in [1.29, 1.82) is 0 Å². The van der Waals surface area contributed by atoms with Gasteiger partial charge in [-0.3, -0.25) is 4.98 Å². The van der Waals surface area contributed by atoms with E-state index < -0.39 is 17.7 Å². The molecule has 0 spiro atoms. The number of hydrogen-bond acceptors (Lipinski definition) is 9. The summed E-state index contributed by atoms with van der Waals surface area (Å²) in [6, 6.07) is 6.98. The molecule has 4 atom stereocenters. The second-order valence-corrected chi connectivity index (χ2v) is 10.7. The van der Waals surface area contributed by atoms with Crippen LogP contribution in [0.25, 0.3) is 16.8 Å². The van der Waals surface area contributed by atoms with E-state index in [1.165, 1.54) is 24.8 Å². The lowest BCUT2D eigenvalue weighted by molar-refractivity contribution is 0.0778. The Balaban J connectivity index is 1.41. The van der Waals surface area contributed by atoms with E-state index in [0.29, 0.717) is 23.6 Å². The van der Waals surface area contributed by atoms with Crippen molar-refractivity contribution in [2.24, 2.45) is 11.7 Å². The largest absolute Gasteiger partial charge is 0.491 e. The smallest absolute Gasteiger partial charge is 0.409 e. The van der Waals surface area contributed by atoms with E-state index in [1.807, 2.05) is 6.07 Å². The molecule has 0 unspecified atom stereocenters. The van der Waals surface area contributed by atoms with Gasteiger partial charge < -0.3 is 30.2 Å². The molecule has 43 heavy (non-hydrogen) atoms. The number of fused-ring (bicyclic) bond motifs is 1. The van der Waals surface area contributed by atoms with E-state index in [4.69, 9.17) is 19.9 Å². The number of methoxy groups -OCH3 is 2. The first-order valence-electron chi connectivity index (χ1n) is 13.9. The first kappa shape index (κ1) is 30.1. The Hall–Kier alpha value is -4.36. The Morgan fingerprint density at radius 1 is 1.14 bits per heavy atom. The molecule has 1 fully saturated rings.